The number of anilines is 1. The first-order valence-corrected chi connectivity index (χ1v) is 13.6. The summed E-state index contributed by atoms with van der Waals surface area (Å²) in [6, 6.07) is 16.5. The van der Waals surface area contributed by atoms with Crippen molar-refractivity contribution >= 4 is 44.5 Å². The lowest BCUT2D eigenvalue weighted by Crippen LogP contribution is -2.17. The summed E-state index contributed by atoms with van der Waals surface area (Å²) in [6.07, 6.45) is 1.84. The summed E-state index contributed by atoms with van der Waals surface area (Å²) >= 11 is 3.48. The number of rotatable bonds is 5. The molecule has 2 aliphatic rings. The van der Waals surface area contributed by atoms with E-state index in [0.717, 1.165) is 28.4 Å². The zero-order valence-electron chi connectivity index (χ0n) is 21.1. The molecule has 1 aromatic heterocycles. The van der Waals surface area contributed by atoms with Gasteiger partial charge in [-0.3, -0.25) is 9.59 Å². The normalized spacial score (nSPS) is 14.4. The molecule has 39 heavy (non-hydrogen) atoms. The zero-order valence-corrected chi connectivity index (χ0v) is 22.7. The van der Waals surface area contributed by atoms with Crippen LogP contribution in [0.4, 0.5) is 5.82 Å². The molecule has 0 radical (unpaired) electrons. The van der Waals surface area contributed by atoms with Gasteiger partial charge in [-0.2, -0.15) is 4.68 Å². The second-order valence-corrected chi connectivity index (χ2v) is 10.3. The van der Waals surface area contributed by atoms with E-state index in [0.29, 0.717) is 66.1 Å². The Morgan fingerprint density at radius 1 is 0.769 bits per heavy atom. The fourth-order valence-electron chi connectivity index (χ4n) is 4.62. The topological polar surface area (TPSA) is 101 Å². The molecule has 0 aliphatic carbocycles. The first kappa shape index (κ1) is 25.2. The van der Waals surface area contributed by atoms with Gasteiger partial charge >= 0.3 is 0 Å². The summed E-state index contributed by atoms with van der Waals surface area (Å²) in [7, 11) is 0. The number of nitrogens with zero attached hydrogens (tertiary/aromatic N) is 2. The summed E-state index contributed by atoms with van der Waals surface area (Å²) < 4.78 is 25.0. The second-order valence-electron chi connectivity index (χ2n) is 9.38. The molecule has 0 bridgehead atoms. The number of aromatic nitrogens is 2. The maximum Gasteiger partial charge on any atom is 0.251 e. The Balaban J connectivity index is 1.22. The third kappa shape index (κ3) is 5.56. The average Bonchev–Trinajstić information content (AvgIpc) is 3.09. The number of halogens is 1. The van der Waals surface area contributed by atoms with E-state index in [1.807, 2.05) is 48.5 Å². The van der Waals surface area contributed by atoms with Gasteiger partial charge in [-0.25, -0.2) is 0 Å². The molecule has 0 saturated heterocycles. The summed E-state index contributed by atoms with van der Waals surface area (Å²) in [5.74, 6) is 2.45. The highest BCUT2D eigenvalue weighted by molar-refractivity contribution is 9.10. The van der Waals surface area contributed by atoms with E-state index in [1.54, 1.807) is 6.07 Å². The highest BCUT2D eigenvalue weighted by atomic mass is 79.9. The molecule has 0 unspecified atom stereocenters. The Hall–Kier alpha value is -4.05. The van der Waals surface area contributed by atoms with E-state index in [-0.39, 0.29) is 24.7 Å². The van der Waals surface area contributed by atoms with Gasteiger partial charge in [-0.05, 0) is 53.6 Å². The molecular formula is C29H26BrN3O6. The van der Waals surface area contributed by atoms with Gasteiger partial charge in [0.15, 0.2) is 28.8 Å². The minimum Gasteiger partial charge on any atom is -0.490 e. The van der Waals surface area contributed by atoms with Crippen LogP contribution in [0.1, 0.15) is 28.8 Å². The van der Waals surface area contributed by atoms with E-state index >= 15 is 0 Å². The highest BCUT2D eigenvalue weighted by Crippen LogP contribution is 2.33. The minimum atomic E-state index is -0.258. The van der Waals surface area contributed by atoms with Gasteiger partial charge < -0.3 is 24.3 Å². The van der Waals surface area contributed by atoms with Crippen LogP contribution in [-0.2, 0) is 17.6 Å². The SMILES string of the molecule is O=C(Cc1ccc2c(c1)OCCCO2)Nc1nn(C(=O)Cc2ccc3c(c2)OCCCO3)c2ccc(Br)cc12. The van der Waals surface area contributed by atoms with Crippen molar-refractivity contribution in [2.24, 2.45) is 0 Å². The largest absolute Gasteiger partial charge is 0.490 e. The molecule has 200 valence electrons. The predicted molar refractivity (Wildman–Crippen MR) is 148 cm³/mol. The summed E-state index contributed by atoms with van der Waals surface area (Å²) in [5, 5.41) is 8.05. The summed E-state index contributed by atoms with van der Waals surface area (Å²) in [4.78, 5) is 26.4. The molecule has 0 saturated carbocycles. The maximum absolute atomic E-state index is 13.4. The standard InChI is InChI=1S/C29H26BrN3O6/c30-20-5-6-22-21(17-20)29(31-27(34)15-18-3-7-23-25(13-18)38-11-1-9-36-23)32-33(22)28(35)16-19-4-8-24-26(14-19)39-12-2-10-37-24/h3-8,13-14,17H,1-2,9-12,15-16H2,(H,31,32,34). The quantitative estimate of drug-likeness (QED) is 0.341. The van der Waals surface area contributed by atoms with Gasteiger partial charge in [0.05, 0.1) is 44.8 Å². The number of hydrogen-bond acceptors (Lipinski definition) is 7. The molecule has 4 aromatic rings. The van der Waals surface area contributed by atoms with E-state index in [4.69, 9.17) is 18.9 Å². The van der Waals surface area contributed by atoms with Crippen molar-refractivity contribution in [1.29, 1.82) is 0 Å². The van der Waals surface area contributed by atoms with Crippen LogP contribution in [0.2, 0.25) is 0 Å². The van der Waals surface area contributed by atoms with Crippen LogP contribution in [0.15, 0.2) is 59.1 Å². The number of fused-ring (bicyclic) bond motifs is 3. The molecule has 9 nitrogen and oxygen atoms in total. The van der Waals surface area contributed by atoms with Crippen molar-refractivity contribution < 1.29 is 28.5 Å². The van der Waals surface area contributed by atoms with Crippen molar-refractivity contribution in [2.45, 2.75) is 25.7 Å². The predicted octanol–water partition coefficient (Wildman–Crippen LogP) is 5.19. The van der Waals surface area contributed by atoms with E-state index < -0.39 is 0 Å². The van der Waals surface area contributed by atoms with Crippen LogP contribution < -0.4 is 24.3 Å². The van der Waals surface area contributed by atoms with Crippen LogP contribution in [0, 0.1) is 0 Å². The van der Waals surface area contributed by atoms with Crippen LogP contribution >= 0.6 is 15.9 Å². The van der Waals surface area contributed by atoms with Crippen molar-refractivity contribution in [3.05, 3.63) is 70.2 Å². The lowest BCUT2D eigenvalue weighted by molar-refractivity contribution is -0.115. The fraction of sp³-hybridized carbons (Fsp3) is 0.276. The number of benzene rings is 3. The van der Waals surface area contributed by atoms with Crippen molar-refractivity contribution in [3.63, 3.8) is 0 Å². The lowest BCUT2D eigenvalue weighted by Gasteiger charge is -2.09. The Morgan fingerprint density at radius 2 is 1.36 bits per heavy atom. The molecule has 6 rings (SSSR count). The smallest absolute Gasteiger partial charge is 0.251 e. The Morgan fingerprint density at radius 3 is 2.00 bits per heavy atom. The van der Waals surface area contributed by atoms with Crippen molar-refractivity contribution in [2.75, 3.05) is 31.7 Å². The number of ether oxygens (including phenoxy) is 4. The van der Waals surface area contributed by atoms with Gasteiger partial charge in [-0.15, -0.1) is 5.10 Å². The second kappa shape index (κ2) is 11.0. The molecule has 10 heteroatoms. The van der Waals surface area contributed by atoms with E-state index in [2.05, 4.69) is 26.3 Å². The van der Waals surface area contributed by atoms with Crippen LogP contribution in [0.25, 0.3) is 10.9 Å². The first-order valence-electron chi connectivity index (χ1n) is 12.8. The molecule has 0 atom stereocenters. The number of amides is 1. The Labute approximate surface area is 233 Å². The molecular weight excluding hydrogens is 566 g/mol. The van der Waals surface area contributed by atoms with E-state index in [9.17, 15) is 9.59 Å². The maximum atomic E-state index is 13.4. The monoisotopic (exact) mass is 591 g/mol. The summed E-state index contributed by atoms with van der Waals surface area (Å²) in [6.45, 7) is 2.34. The van der Waals surface area contributed by atoms with Crippen molar-refractivity contribution in [1.82, 2.24) is 9.78 Å². The number of hydrogen-bond donors (Lipinski definition) is 1. The van der Waals surface area contributed by atoms with Gasteiger partial charge in [-0.1, -0.05) is 28.1 Å². The average molecular weight is 592 g/mol. The number of carbonyl (C=O) groups is 2. The van der Waals surface area contributed by atoms with Gasteiger partial charge in [0.2, 0.25) is 5.91 Å². The van der Waals surface area contributed by atoms with Crippen LogP contribution in [0.5, 0.6) is 23.0 Å². The van der Waals surface area contributed by atoms with Gasteiger partial charge in [0.25, 0.3) is 5.91 Å². The first-order chi connectivity index (χ1) is 19.0. The minimum absolute atomic E-state index is 0.105. The molecule has 3 heterocycles. The van der Waals surface area contributed by atoms with Gasteiger partial charge in [0, 0.05) is 22.7 Å². The van der Waals surface area contributed by atoms with E-state index in [1.165, 1.54) is 4.68 Å². The van der Waals surface area contributed by atoms with Crippen LogP contribution in [0.3, 0.4) is 0 Å². The molecule has 1 amide bonds. The number of nitrogens with one attached hydrogen (secondary N) is 1. The van der Waals surface area contributed by atoms with Crippen molar-refractivity contribution in [3.8, 4) is 23.0 Å². The molecule has 3 aromatic carbocycles. The zero-order chi connectivity index (χ0) is 26.8. The molecule has 0 fully saturated rings. The molecule has 2 aliphatic heterocycles. The molecule has 0 spiro atoms. The Kier molecular flexibility index (Phi) is 7.10. The van der Waals surface area contributed by atoms with Crippen LogP contribution in [-0.4, -0.2) is 48.0 Å². The lowest BCUT2D eigenvalue weighted by atomic mass is 10.1. The Bertz CT molecular complexity index is 1570. The summed E-state index contributed by atoms with van der Waals surface area (Å²) in [5.41, 5.74) is 2.17. The molecule has 1 N–H and O–H groups in total. The third-order valence-electron chi connectivity index (χ3n) is 6.48. The van der Waals surface area contributed by atoms with Gasteiger partial charge in [0.1, 0.15) is 0 Å². The number of carbonyl (C=O) groups excluding carboxylic acids is 2. The fourth-order valence-corrected chi connectivity index (χ4v) is 4.98. The third-order valence-corrected chi connectivity index (χ3v) is 6.97. The highest BCUT2D eigenvalue weighted by Gasteiger charge is 2.20.